The minimum absolute atomic E-state index is 0.0506. The molecule has 0 saturated heterocycles. The second-order valence-electron chi connectivity index (χ2n) is 4.47. The molecule has 0 aromatic carbocycles. The van der Waals surface area contributed by atoms with Gasteiger partial charge in [-0.05, 0) is 18.6 Å². The Morgan fingerprint density at radius 2 is 2.38 bits per heavy atom. The molecule has 0 radical (unpaired) electrons. The molecule has 3 rings (SSSR count). The Hall–Kier alpha value is -2.77. The van der Waals surface area contributed by atoms with Crippen molar-refractivity contribution in [1.29, 1.82) is 0 Å². The summed E-state index contributed by atoms with van der Waals surface area (Å²) in [6, 6.07) is 3.57. The molecule has 8 nitrogen and oxygen atoms in total. The number of nitrogens with one attached hydrogen (secondary N) is 1. The van der Waals surface area contributed by atoms with Crippen LogP contribution in [0.25, 0.3) is 11.2 Å². The summed E-state index contributed by atoms with van der Waals surface area (Å²) >= 11 is 0. The zero-order chi connectivity index (χ0) is 14.5. The molecule has 0 aliphatic rings. The predicted molar refractivity (Wildman–Crippen MR) is 72.9 cm³/mol. The molecule has 3 heterocycles. The number of hydrogen-bond acceptors (Lipinski definition) is 6. The number of oxazole rings is 1. The van der Waals surface area contributed by atoms with Crippen LogP contribution in [0.4, 0.5) is 0 Å². The maximum absolute atomic E-state index is 11.7. The molecule has 0 aliphatic carbocycles. The van der Waals surface area contributed by atoms with E-state index in [-0.39, 0.29) is 12.5 Å². The van der Waals surface area contributed by atoms with E-state index in [0.29, 0.717) is 36.5 Å². The molecular weight excluding hydrogens is 272 g/mol. The molecule has 3 aromatic rings. The maximum atomic E-state index is 11.7. The Kier molecular flexibility index (Phi) is 3.85. The Labute approximate surface area is 120 Å². The zero-order valence-corrected chi connectivity index (χ0v) is 11.3. The molecule has 0 saturated carbocycles. The van der Waals surface area contributed by atoms with E-state index < -0.39 is 0 Å². The molecule has 0 bridgehead atoms. The van der Waals surface area contributed by atoms with Gasteiger partial charge in [-0.25, -0.2) is 9.97 Å². The Balaban J connectivity index is 1.44. The van der Waals surface area contributed by atoms with Crippen LogP contribution >= 0.6 is 0 Å². The fourth-order valence-electron chi connectivity index (χ4n) is 1.90. The van der Waals surface area contributed by atoms with Crippen molar-refractivity contribution < 1.29 is 9.21 Å². The topological polar surface area (TPSA) is 98.7 Å². The molecule has 0 atom stereocenters. The zero-order valence-electron chi connectivity index (χ0n) is 11.3. The molecular formula is C13H14N6O2. The SMILES string of the molecule is O=C(CCCn1cncn1)NCc1nc2ncccc2o1. The molecule has 0 unspecified atom stereocenters. The van der Waals surface area contributed by atoms with Crippen molar-refractivity contribution in [2.75, 3.05) is 0 Å². The van der Waals surface area contributed by atoms with Crippen LogP contribution in [0.5, 0.6) is 0 Å². The van der Waals surface area contributed by atoms with Gasteiger partial charge in [0.15, 0.2) is 11.2 Å². The number of rotatable bonds is 6. The van der Waals surface area contributed by atoms with Crippen molar-refractivity contribution in [2.45, 2.75) is 25.9 Å². The molecule has 0 fully saturated rings. The van der Waals surface area contributed by atoms with Gasteiger partial charge in [0.05, 0.1) is 6.54 Å². The predicted octanol–water partition coefficient (Wildman–Crippen LogP) is 0.911. The van der Waals surface area contributed by atoms with E-state index in [1.165, 1.54) is 6.33 Å². The molecule has 8 heteroatoms. The molecule has 1 N–H and O–H groups in total. The normalized spacial score (nSPS) is 10.9. The number of fused-ring (bicyclic) bond motifs is 1. The van der Waals surface area contributed by atoms with E-state index in [1.54, 1.807) is 29.3 Å². The van der Waals surface area contributed by atoms with Crippen molar-refractivity contribution in [2.24, 2.45) is 0 Å². The Bertz CT molecular complexity index is 688. The minimum atomic E-state index is -0.0506. The summed E-state index contributed by atoms with van der Waals surface area (Å²) in [6.45, 7) is 0.929. The van der Waals surface area contributed by atoms with Crippen LogP contribution in [0.2, 0.25) is 0 Å². The van der Waals surface area contributed by atoms with Crippen LogP contribution in [0.1, 0.15) is 18.7 Å². The third-order valence-corrected chi connectivity index (χ3v) is 2.90. The lowest BCUT2D eigenvalue weighted by Gasteiger charge is -2.02. The molecule has 0 spiro atoms. The summed E-state index contributed by atoms with van der Waals surface area (Å²) in [5.41, 5.74) is 1.17. The van der Waals surface area contributed by atoms with Gasteiger partial charge < -0.3 is 9.73 Å². The molecule has 108 valence electrons. The monoisotopic (exact) mass is 286 g/mol. The van der Waals surface area contributed by atoms with E-state index in [2.05, 4.69) is 25.4 Å². The first kappa shape index (κ1) is 13.2. The highest BCUT2D eigenvalue weighted by Gasteiger charge is 2.08. The van der Waals surface area contributed by atoms with Crippen molar-refractivity contribution in [1.82, 2.24) is 30.0 Å². The number of carbonyl (C=O) groups excluding carboxylic acids is 1. The lowest BCUT2D eigenvalue weighted by molar-refractivity contribution is -0.121. The third-order valence-electron chi connectivity index (χ3n) is 2.90. The van der Waals surface area contributed by atoms with Crippen LogP contribution in [-0.2, 0) is 17.9 Å². The summed E-state index contributed by atoms with van der Waals surface area (Å²) in [5.74, 6) is 0.402. The number of hydrogen-bond donors (Lipinski definition) is 1. The lowest BCUT2D eigenvalue weighted by Crippen LogP contribution is -2.23. The van der Waals surface area contributed by atoms with Crippen molar-refractivity contribution in [3.05, 3.63) is 36.9 Å². The first-order valence-electron chi connectivity index (χ1n) is 6.61. The molecule has 21 heavy (non-hydrogen) atoms. The summed E-state index contributed by atoms with van der Waals surface area (Å²) in [4.78, 5) is 23.8. The summed E-state index contributed by atoms with van der Waals surface area (Å²) < 4.78 is 7.17. The summed E-state index contributed by atoms with van der Waals surface area (Å²) in [7, 11) is 0. The fraction of sp³-hybridized carbons (Fsp3) is 0.308. The van der Waals surface area contributed by atoms with Crippen LogP contribution in [0.3, 0.4) is 0 Å². The van der Waals surface area contributed by atoms with Gasteiger partial charge in [0.25, 0.3) is 0 Å². The lowest BCUT2D eigenvalue weighted by atomic mass is 10.3. The summed E-state index contributed by atoms with van der Waals surface area (Å²) in [5, 5.41) is 6.74. The third kappa shape index (κ3) is 3.41. The van der Waals surface area contributed by atoms with Gasteiger partial charge in [-0.15, -0.1) is 0 Å². The molecule has 3 aromatic heterocycles. The average molecular weight is 286 g/mol. The van der Waals surface area contributed by atoms with Gasteiger partial charge in [0.1, 0.15) is 12.7 Å². The van der Waals surface area contributed by atoms with Crippen molar-refractivity contribution in [3.63, 3.8) is 0 Å². The standard InChI is InChI=1S/C13H14N6O2/c20-11(4-2-6-19-9-14-8-17-19)16-7-12-18-13-10(21-12)3-1-5-15-13/h1,3,5,8-9H,2,4,6-7H2,(H,16,20). The van der Waals surface area contributed by atoms with Gasteiger partial charge in [0.2, 0.25) is 11.8 Å². The number of aryl methyl sites for hydroxylation is 1. The summed E-state index contributed by atoms with van der Waals surface area (Å²) in [6.07, 6.45) is 5.87. The number of pyridine rings is 1. The first-order chi connectivity index (χ1) is 10.3. The van der Waals surface area contributed by atoms with Gasteiger partial charge in [0, 0.05) is 19.2 Å². The van der Waals surface area contributed by atoms with Crippen molar-refractivity contribution >= 4 is 17.1 Å². The number of amides is 1. The Morgan fingerprint density at radius 1 is 1.43 bits per heavy atom. The van der Waals surface area contributed by atoms with Gasteiger partial charge in [-0.3, -0.25) is 9.48 Å². The quantitative estimate of drug-likeness (QED) is 0.723. The highest BCUT2D eigenvalue weighted by atomic mass is 16.3. The highest BCUT2D eigenvalue weighted by molar-refractivity contribution is 5.75. The molecule has 1 amide bonds. The van der Waals surface area contributed by atoms with E-state index in [1.807, 2.05) is 0 Å². The van der Waals surface area contributed by atoms with Gasteiger partial charge in [-0.1, -0.05) is 0 Å². The average Bonchev–Trinajstić information content (AvgIpc) is 3.13. The maximum Gasteiger partial charge on any atom is 0.220 e. The number of carbonyl (C=O) groups is 1. The Morgan fingerprint density at radius 3 is 3.19 bits per heavy atom. The second kappa shape index (κ2) is 6.12. The van der Waals surface area contributed by atoms with Crippen LogP contribution in [0, 0.1) is 0 Å². The van der Waals surface area contributed by atoms with Crippen LogP contribution in [0.15, 0.2) is 35.4 Å². The van der Waals surface area contributed by atoms with Gasteiger partial charge in [-0.2, -0.15) is 10.1 Å². The highest BCUT2D eigenvalue weighted by Crippen LogP contribution is 2.11. The first-order valence-corrected chi connectivity index (χ1v) is 6.61. The second-order valence-corrected chi connectivity index (χ2v) is 4.47. The number of nitrogens with zero attached hydrogens (tertiary/aromatic N) is 5. The molecule has 0 aliphatic heterocycles. The fourth-order valence-corrected chi connectivity index (χ4v) is 1.90. The van der Waals surface area contributed by atoms with E-state index >= 15 is 0 Å². The van der Waals surface area contributed by atoms with E-state index in [0.717, 1.165) is 0 Å². The number of aromatic nitrogens is 5. The smallest absolute Gasteiger partial charge is 0.220 e. The minimum Gasteiger partial charge on any atom is -0.437 e. The van der Waals surface area contributed by atoms with Crippen LogP contribution in [-0.4, -0.2) is 30.6 Å². The van der Waals surface area contributed by atoms with Crippen LogP contribution < -0.4 is 5.32 Å². The van der Waals surface area contributed by atoms with E-state index in [9.17, 15) is 4.79 Å². The van der Waals surface area contributed by atoms with E-state index in [4.69, 9.17) is 4.42 Å². The van der Waals surface area contributed by atoms with Gasteiger partial charge >= 0.3 is 0 Å². The van der Waals surface area contributed by atoms with Crippen molar-refractivity contribution in [3.8, 4) is 0 Å². The largest absolute Gasteiger partial charge is 0.437 e.